The molecule has 4 nitrogen and oxygen atoms in total. The number of nitrogens with one attached hydrogen (secondary N) is 2. The summed E-state index contributed by atoms with van der Waals surface area (Å²) in [5.41, 5.74) is 1.13. The Bertz CT molecular complexity index is 466. The molecule has 0 aliphatic heterocycles. The van der Waals surface area contributed by atoms with Gasteiger partial charge in [-0.2, -0.15) is 11.8 Å². The average Bonchev–Trinajstić information content (AvgIpc) is 2.50. The fourth-order valence-electron chi connectivity index (χ4n) is 1.65. The monoisotopic (exact) mass is 437 g/mol. The Balaban J connectivity index is 0.00000441. The van der Waals surface area contributed by atoms with E-state index >= 15 is 0 Å². The first-order chi connectivity index (χ1) is 10.0. The fraction of sp³-hybridized carbons (Fsp3) is 0.562. The van der Waals surface area contributed by atoms with Gasteiger partial charge in [0, 0.05) is 17.8 Å². The molecule has 1 aromatic carbocycles. The largest absolute Gasteiger partial charge is 0.497 e. The number of nitrogens with zero attached hydrogens (tertiary/aromatic N) is 1. The minimum absolute atomic E-state index is 0. The number of thioether (sulfide) groups is 1. The second-order valence-electron chi connectivity index (χ2n) is 5.36. The molecule has 0 unspecified atom stereocenters. The van der Waals surface area contributed by atoms with Gasteiger partial charge in [-0.05, 0) is 44.7 Å². The zero-order valence-electron chi connectivity index (χ0n) is 14.1. The Hall–Kier alpha value is -0.630. The highest BCUT2D eigenvalue weighted by Crippen LogP contribution is 2.19. The highest BCUT2D eigenvalue weighted by molar-refractivity contribution is 14.0. The molecule has 0 radical (unpaired) electrons. The molecule has 0 aromatic heterocycles. The lowest BCUT2D eigenvalue weighted by atomic mass is 10.2. The van der Waals surface area contributed by atoms with Crippen molar-refractivity contribution in [2.24, 2.45) is 4.99 Å². The average molecular weight is 437 g/mol. The first-order valence-corrected chi connectivity index (χ1v) is 8.43. The van der Waals surface area contributed by atoms with Crippen LogP contribution in [-0.4, -0.2) is 37.2 Å². The third-order valence-corrected chi connectivity index (χ3v) is 4.38. The number of hydrogen-bond donors (Lipinski definition) is 2. The van der Waals surface area contributed by atoms with Gasteiger partial charge >= 0.3 is 0 Å². The maximum absolute atomic E-state index is 5.23. The van der Waals surface area contributed by atoms with Crippen molar-refractivity contribution in [3.8, 4) is 5.75 Å². The third kappa shape index (κ3) is 8.12. The van der Waals surface area contributed by atoms with Gasteiger partial charge in [-0.3, -0.25) is 0 Å². The number of guanidine groups is 1. The number of aliphatic imine (C=N–C) groups is 1. The van der Waals surface area contributed by atoms with E-state index in [9.17, 15) is 0 Å². The number of benzene rings is 1. The van der Waals surface area contributed by atoms with Gasteiger partial charge in [-0.25, -0.2) is 4.99 Å². The lowest BCUT2D eigenvalue weighted by Gasteiger charge is -2.23. The van der Waals surface area contributed by atoms with Crippen LogP contribution in [-0.2, 0) is 6.54 Å². The number of halogens is 1. The van der Waals surface area contributed by atoms with E-state index in [1.54, 1.807) is 7.11 Å². The van der Waals surface area contributed by atoms with Crippen LogP contribution in [0.5, 0.6) is 5.75 Å². The normalized spacial score (nSPS) is 11.6. The Morgan fingerprint density at radius 3 is 2.64 bits per heavy atom. The second kappa shape index (κ2) is 11.0. The molecule has 0 aliphatic carbocycles. The second-order valence-corrected chi connectivity index (χ2v) is 6.88. The van der Waals surface area contributed by atoms with E-state index < -0.39 is 0 Å². The Kier molecular flexibility index (Phi) is 10.7. The van der Waals surface area contributed by atoms with E-state index in [0.717, 1.165) is 30.4 Å². The summed E-state index contributed by atoms with van der Waals surface area (Å²) in [7, 11) is 1.68. The molecule has 0 aliphatic rings. The molecule has 2 N–H and O–H groups in total. The molecule has 0 spiro atoms. The quantitative estimate of drug-likeness (QED) is 0.390. The van der Waals surface area contributed by atoms with Crippen molar-refractivity contribution >= 4 is 41.7 Å². The highest BCUT2D eigenvalue weighted by Gasteiger charge is 2.15. The molecule has 126 valence electrons. The number of hydrogen-bond acceptors (Lipinski definition) is 3. The minimum atomic E-state index is 0. The molecule has 1 aromatic rings. The molecular weight excluding hydrogens is 409 g/mol. The Morgan fingerprint density at radius 2 is 2.05 bits per heavy atom. The summed E-state index contributed by atoms with van der Waals surface area (Å²) in [6, 6.07) is 8.00. The Labute approximate surface area is 155 Å². The summed E-state index contributed by atoms with van der Waals surface area (Å²) in [5.74, 6) is 1.71. The van der Waals surface area contributed by atoms with Crippen molar-refractivity contribution in [1.29, 1.82) is 0 Å². The third-order valence-electron chi connectivity index (χ3n) is 3.13. The van der Waals surface area contributed by atoms with Crippen molar-refractivity contribution in [3.63, 3.8) is 0 Å². The fourth-order valence-corrected chi connectivity index (χ4v) is 1.87. The molecule has 0 fully saturated rings. The van der Waals surface area contributed by atoms with E-state index in [0.29, 0.717) is 6.54 Å². The maximum atomic E-state index is 5.23. The molecule has 1 rings (SSSR count). The zero-order chi connectivity index (χ0) is 15.7. The van der Waals surface area contributed by atoms with Crippen LogP contribution in [0.15, 0.2) is 29.3 Å². The van der Waals surface area contributed by atoms with Gasteiger partial charge in [-0.15, -0.1) is 24.0 Å². The van der Waals surface area contributed by atoms with Gasteiger partial charge in [0.15, 0.2) is 5.96 Å². The van der Waals surface area contributed by atoms with Crippen LogP contribution in [0.1, 0.15) is 26.3 Å². The van der Waals surface area contributed by atoms with Crippen LogP contribution in [0.25, 0.3) is 0 Å². The summed E-state index contributed by atoms with van der Waals surface area (Å²) in [6.45, 7) is 8.86. The zero-order valence-corrected chi connectivity index (χ0v) is 17.2. The summed E-state index contributed by atoms with van der Waals surface area (Å²) >= 11 is 1.84. The molecule has 22 heavy (non-hydrogen) atoms. The van der Waals surface area contributed by atoms with Crippen LogP contribution in [0.4, 0.5) is 0 Å². The smallest absolute Gasteiger partial charge is 0.191 e. The summed E-state index contributed by atoms with van der Waals surface area (Å²) < 4.78 is 5.42. The van der Waals surface area contributed by atoms with E-state index in [1.165, 1.54) is 0 Å². The molecule has 0 amide bonds. The number of methoxy groups -OCH3 is 1. The summed E-state index contributed by atoms with van der Waals surface area (Å²) in [6.07, 6.45) is 2.13. The highest BCUT2D eigenvalue weighted by atomic mass is 127. The van der Waals surface area contributed by atoms with Gasteiger partial charge in [0.25, 0.3) is 0 Å². The van der Waals surface area contributed by atoms with Gasteiger partial charge in [-0.1, -0.05) is 12.1 Å². The Morgan fingerprint density at radius 1 is 1.32 bits per heavy atom. The minimum Gasteiger partial charge on any atom is -0.497 e. The predicted molar refractivity (Wildman–Crippen MR) is 109 cm³/mol. The number of rotatable bonds is 7. The lowest BCUT2D eigenvalue weighted by Crippen LogP contribution is -2.43. The summed E-state index contributed by atoms with van der Waals surface area (Å²) in [4.78, 5) is 4.63. The van der Waals surface area contributed by atoms with Crippen molar-refractivity contribution in [2.75, 3.05) is 26.5 Å². The topological polar surface area (TPSA) is 45.7 Å². The van der Waals surface area contributed by atoms with E-state index in [2.05, 4.69) is 48.7 Å². The molecular formula is C16H28IN3OS. The predicted octanol–water partition coefficient (Wildman–Crippen LogP) is 3.51. The van der Waals surface area contributed by atoms with Crippen molar-refractivity contribution in [2.45, 2.75) is 32.1 Å². The molecule has 6 heteroatoms. The van der Waals surface area contributed by atoms with Crippen LogP contribution in [0, 0.1) is 0 Å². The first-order valence-electron chi connectivity index (χ1n) is 7.21. The van der Waals surface area contributed by atoms with E-state index in [-0.39, 0.29) is 28.7 Å². The van der Waals surface area contributed by atoms with Gasteiger partial charge in [0.05, 0.1) is 13.7 Å². The molecule has 0 heterocycles. The molecule has 0 bridgehead atoms. The van der Waals surface area contributed by atoms with Gasteiger partial charge in [0.1, 0.15) is 5.75 Å². The van der Waals surface area contributed by atoms with Crippen molar-refractivity contribution < 1.29 is 4.74 Å². The van der Waals surface area contributed by atoms with Crippen LogP contribution in [0.2, 0.25) is 0 Å². The van der Waals surface area contributed by atoms with Gasteiger partial charge in [0.2, 0.25) is 0 Å². The van der Waals surface area contributed by atoms with E-state index in [4.69, 9.17) is 4.74 Å². The van der Waals surface area contributed by atoms with Gasteiger partial charge < -0.3 is 15.4 Å². The SMILES string of the molecule is CCNC(=NCc1cccc(OC)c1)NCC(C)(C)SC.I. The first kappa shape index (κ1) is 21.4. The molecule has 0 saturated heterocycles. The van der Waals surface area contributed by atoms with Crippen LogP contribution < -0.4 is 15.4 Å². The molecule has 0 saturated carbocycles. The van der Waals surface area contributed by atoms with E-state index in [1.807, 2.05) is 30.0 Å². The van der Waals surface area contributed by atoms with Crippen LogP contribution >= 0.6 is 35.7 Å². The number of ether oxygens (including phenoxy) is 1. The lowest BCUT2D eigenvalue weighted by molar-refractivity contribution is 0.414. The van der Waals surface area contributed by atoms with Crippen LogP contribution in [0.3, 0.4) is 0 Å². The summed E-state index contributed by atoms with van der Waals surface area (Å²) in [5, 5.41) is 6.67. The van der Waals surface area contributed by atoms with Crippen molar-refractivity contribution in [1.82, 2.24) is 10.6 Å². The maximum Gasteiger partial charge on any atom is 0.191 e. The van der Waals surface area contributed by atoms with Crippen molar-refractivity contribution in [3.05, 3.63) is 29.8 Å². The standard InChI is InChI=1S/C16H27N3OS.HI/c1-6-17-15(19-12-16(2,3)21-5)18-11-13-8-7-9-14(10-13)20-4;/h7-10H,6,11-12H2,1-5H3,(H2,17,18,19);1H. The molecule has 0 atom stereocenters.